The van der Waals surface area contributed by atoms with E-state index in [4.69, 9.17) is 5.73 Å². The van der Waals surface area contributed by atoms with Crippen molar-refractivity contribution in [2.24, 2.45) is 5.73 Å². The van der Waals surface area contributed by atoms with Crippen molar-refractivity contribution in [1.29, 1.82) is 0 Å². The zero-order valence-electron chi connectivity index (χ0n) is 11.4. The third-order valence-electron chi connectivity index (χ3n) is 2.98. The maximum atomic E-state index is 5.67. The molecule has 0 saturated carbocycles. The van der Waals surface area contributed by atoms with Gasteiger partial charge in [-0.25, -0.2) is 0 Å². The van der Waals surface area contributed by atoms with Crippen molar-refractivity contribution >= 4 is 0 Å². The Kier molecular flexibility index (Phi) is 12.9. The maximum absolute atomic E-state index is 5.67. The van der Waals surface area contributed by atoms with E-state index in [9.17, 15) is 0 Å². The third kappa shape index (κ3) is 13.9. The first-order valence-electron chi connectivity index (χ1n) is 7.23. The zero-order chi connectivity index (χ0) is 12.1. The summed E-state index contributed by atoms with van der Waals surface area (Å²) in [5, 5.41) is 3.45. The molecular formula is C14H32N2. The van der Waals surface area contributed by atoms with Gasteiger partial charge in [-0.15, -0.1) is 0 Å². The molecule has 16 heavy (non-hydrogen) atoms. The minimum absolute atomic E-state index is 0.339. The smallest absolute Gasteiger partial charge is 0.00225 e. The fraction of sp³-hybridized carbons (Fsp3) is 1.00. The molecule has 1 atom stereocenters. The van der Waals surface area contributed by atoms with E-state index in [0.29, 0.717) is 6.04 Å². The summed E-state index contributed by atoms with van der Waals surface area (Å²) in [7, 11) is 0. The summed E-state index contributed by atoms with van der Waals surface area (Å²) >= 11 is 0. The Morgan fingerprint density at radius 3 is 2.00 bits per heavy atom. The topological polar surface area (TPSA) is 38.0 Å². The van der Waals surface area contributed by atoms with E-state index in [1.807, 2.05) is 0 Å². The van der Waals surface area contributed by atoms with Crippen LogP contribution in [0.4, 0.5) is 0 Å². The second-order valence-electron chi connectivity index (χ2n) is 4.99. The normalized spacial score (nSPS) is 12.9. The highest BCUT2D eigenvalue weighted by molar-refractivity contribution is 4.56. The first kappa shape index (κ1) is 15.9. The molecule has 0 radical (unpaired) electrons. The van der Waals surface area contributed by atoms with Crippen LogP contribution in [-0.4, -0.2) is 19.1 Å². The average Bonchev–Trinajstić information content (AvgIpc) is 2.25. The van der Waals surface area contributed by atoms with Crippen molar-refractivity contribution in [2.75, 3.05) is 13.1 Å². The van der Waals surface area contributed by atoms with Crippen molar-refractivity contribution < 1.29 is 0 Å². The van der Waals surface area contributed by atoms with E-state index in [2.05, 4.69) is 19.2 Å². The number of unbranched alkanes of at least 4 members (excludes halogenated alkanes) is 7. The predicted molar refractivity (Wildman–Crippen MR) is 73.7 cm³/mol. The summed E-state index contributed by atoms with van der Waals surface area (Å²) in [6.07, 6.45) is 12.3. The number of rotatable bonds is 12. The standard InChI is InChI=1S/C14H32N2/c1-3-4-5-6-7-8-9-10-12-16-13-11-14(2)15/h14,16H,3-13,15H2,1-2H3. The fourth-order valence-corrected chi connectivity index (χ4v) is 1.84. The molecule has 0 aromatic rings. The van der Waals surface area contributed by atoms with Crippen LogP contribution in [0.2, 0.25) is 0 Å². The summed E-state index contributed by atoms with van der Waals surface area (Å²) in [4.78, 5) is 0. The third-order valence-corrected chi connectivity index (χ3v) is 2.98. The van der Waals surface area contributed by atoms with Crippen LogP contribution < -0.4 is 11.1 Å². The Labute approximate surface area is 102 Å². The molecule has 0 spiro atoms. The lowest BCUT2D eigenvalue weighted by atomic mass is 10.1. The van der Waals surface area contributed by atoms with Gasteiger partial charge in [0.2, 0.25) is 0 Å². The molecule has 0 fully saturated rings. The van der Waals surface area contributed by atoms with Crippen LogP contribution in [-0.2, 0) is 0 Å². The van der Waals surface area contributed by atoms with Gasteiger partial charge in [0.25, 0.3) is 0 Å². The molecule has 0 saturated heterocycles. The number of hydrogen-bond acceptors (Lipinski definition) is 2. The molecule has 3 N–H and O–H groups in total. The molecule has 0 aromatic heterocycles. The van der Waals surface area contributed by atoms with E-state index in [0.717, 1.165) is 13.0 Å². The SMILES string of the molecule is CCCCCCCCCCNCCC(C)N. The van der Waals surface area contributed by atoms with Gasteiger partial charge in [0.05, 0.1) is 0 Å². The lowest BCUT2D eigenvalue weighted by Gasteiger charge is -2.06. The average molecular weight is 228 g/mol. The molecular weight excluding hydrogens is 196 g/mol. The highest BCUT2D eigenvalue weighted by Gasteiger charge is 1.94. The Hall–Kier alpha value is -0.0800. The molecule has 1 unspecified atom stereocenters. The Morgan fingerprint density at radius 1 is 0.875 bits per heavy atom. The first-order valence-corrected chi connectivity index (χ1v) is 7.23. The first-order chi connectivity index (χ1) is 7.77. The summed E-state index contributed by atoms with van der Waals surface area (Å²) in [6, 6.07) is 0.339. The largest absolute Gasteiger partial charge is 0.328 e. The van der Waals surface area contributed by atoms with Crippen molar-refractivity contribution in [1.82, 2.24) is 5.32 Å². The van der Waals surface area contributed by atoms with Gasteiger partial charge >= 0.3 is 0 Å². The van der Waals surface area contributed by atoms with E-state index in [1.165, 1.54) is 57.9 Å². The van der Waals surface area contributed by atoms with Crippen molar-refractivity contribution in [3.63, 3.8) is 0 Å². The predicted octanol–water partition coefficient (Wildman–Crippen LogP) is 3.45. The second kappa shape index (κ2) is 13.0. The van der Waals surface area contributed by atoms with E-state index in [1.54, 1.807) is 0 Å². The number of hydrogen-bond donors (Lipinski definition) is 2. The molecule has 0 aliphatic carbocycles. The summed E-state index contributed by atoms with van der Waals surface area (Å²) in [6.45, 7) is 6.59. The fourth-order valence-electron chi connectivity index (χ4n) is 1.84. The van der Waals surface area contributed by atoms with Crippen LogP contribution in [0.25, 0.3) is 0 Å². The molecule has 2 nitrogen and oxygen atoms in total. The van der Waals surface area contributed by atoms with Gasteiger partial charge in [-0.2, -0.15) is 0 Å². The van der Waals surface area contributed by atoms with Crippen molar-refractivity contribution in [3.8, 4) is 0 Å². The van der Waals surface area contributed by atoms with Gasteiger partial charge in [-0.1, -0.05) is 51.9 Å². The van der Waals surface area contributed by atoms with Crippen LogP contribution in [0.1, 0.15) is 71.6 Å². The molecule has 0 aliphatic rings. The Bertz CT molecular complexity index is 124. The van der Waals surface area contributed by atoms with Crippen LogP contribution in [0.15, 0.2) is 0 Å². The Balaban J connectivity index is 2.88. The van der Waals surface area contributed by atoms with Crippen LogP contribution >= 0.6 is 0 Å². The molecule has 0 amide bonds. The molecule has 0 bridgehead atoms. The van der Waals surface area contributed by atoms with E-state index >= 15 is 0 Å². The minimum Gasteiger partial charge on any atom is -0.328 e. The van der Waals surface area contributed by atoms with Gasteiger partial charge < -0.3 is 11.1 Å². The maximum Gasteiger partial charge on any atom is 0.00225 e. The molecule has 0 aromatic carbocycles. The summed E-state index contributed by atoms with van der Waals surface area (Å²) in [5.41, 5.74) is 5.67. The second-order valence-corrected chi connectivity index (χ2v) is 4.99. The number of nitrogens with one attached hydrogen (secondary N) is 1. The lowest BCUT2D eigenvalue weighted by Crippen LogP contribution is -2.24. The highest BCUT2D eigenvalue weighted by atomic mass is 14.8. The molecule has 2 heteroatoms. The zero-order valence-corrected chi connectivity index (χ0v) is 11.4. The van der Waals surface area contributed by atoms with Gasteiger partial charge in [-0.05, 0) is 32.9 Å². The van der Waals surface area contributed by atoms with Gasteiger partial charge in [0.1, 0.15) is 0 Å². The quantitative estimate of drug-likeness (QED) is 0.502. The van der Waals surface area contributed by atoms with Gasteiger partial charge in [0.15, 0.2) is 0 Å². The van der Waals surface area contributed by atoms with Crippen molar-refractivity contribution in [2.45, 2.75) is 77.7 Å². The highest BCUT2D eigenvalue weighted by Crippen LogP contribution is 2.07. The lowest BCUT2D eigenvalue weighted by molar-refractivity contribution is 0.539. The minimum atomic E-state index is 0.339. The van der Waals surface area contributed by atoms with Crippen molar-refractivity contribution in [3.05, 3.63) is 0 Å². The Morgan fingerprint density at radius 2 is 1.44 bits per heavy atom. The molecule has 0 rings (SSSR count). The monoisotopic (exact) mass is 228 g/mol. The van der Waals surface area contributed by atoms with Gasteiger partial charge in [0, 0.05) is 6.04 Å². The van der Waals surface area contributed by atoms with Gasteiger partial charge in [-0.3, -0.25) is 0 Å². The summed E-state index contributed by atoms with van der Waals surface area (Å²) < 4.78 is 0. The van der Waals surface area contributed by atoms with Crippen LogP contribution in [0.3, 0.4) is 0 Å². The van der Waals surface area contributed by atoms with E-state index < -0.39 is 0 Å². The number of nitrogens with two attached hydrogens (primary N) is 1. The van der Waals surface area contributed by atoms with Crippen LogP contribution in [0, 0.1) is 0 Å². The molecule has 98 valence electrons. The summed E-state index contributed by atoms with van der Waals surface area (Å²) in [5.74, 6) is 0. The molecule has 0 aliphatic heterocycles. The molecule has 0 heterocycles. The van der Waals surface area contributed by atoms with E-state index in [-0.39, 0.29) is 0 Å². The van der Waals surface area contributed by atoms with Crippen LogP contribution in [0.5, 0.6) is 0 Å².